The molecule has 1 aliphatic rings. The summed E-state index contributed by atoms with van der Waals surface area (Å²) in [5, 5.41) is 0.0171. The van der Waals surface area contributed by atoms with E-state index < -0.39 is 5.25 Å². The molecule has 0 saturated carbocycles. The van der Waals surface area contributed by atoms with E-state index >= 15 is 0 Å². The number of carbonyl (C=O) groups is 2. The number of rotatable bonds is 7. The van der Waals surface area contributed by atoms with Crippen molar-refractivity contribution in [2.24, 2.45) is 0 Å². The minimum atomic E-state index is -0.404. The SMILES string of the molecule is Cc1ccc(COc2ccc(C[C@@H]3SC(=O)N(Cc4ccc(Cl)cc4)C3=O)cc2)cc1. The number of benzene rings is 3. The van der Waals surface area contributed by atoms with Gasteiger partial charge < -0.3 is 4.74 Å². The Morgan fingerprint density at radius 2 is 1.48 bits per heavy atom. The summed E-state index contributed by atoms with van der Waals surface area (Å²) in [6.45, 7) is 2.83. The number of aryl methyl sites for hydroxylation is 1. The normalized spacial score (nSPS) is 16.1. The molecule has 3 aromatic carbocycles. The van der Waals surface area contributed by atoms with Crippen molar-refractivity contribution in [1.82, 2.24) is 4.90 Å². The fraction of sp³-hybridized carbons (Fsp3) is 0.200. The van der Waals surface area contributed by atoms with E-state index in [9.17, 15) is 9.59 Å². The van der Waals surface area contributed by atoms with Crippen molar-refractivity contribution in [2.45, 2.75) is 31.7 Å². The van der Waals surface area contributed by atoms with Crippen molar-refractivity contribution in [1.29, 1.82) is 0 Å². The number of thioether (sulfide) groups is 1. The lowest BCUT2D eigenvalue weighted by atomic mass is 10.1. The Kier molecular flexibility index (Phi) is 6.64. The molecule has 0 N–H and O–H groups in total. The molecule has 0 unspecified atom stereocenters. The topological polar surface area (TPSA) is 46.6 Å². The third kappa shape index (κ3) is 5.49. The van der Waals surface area contributed by atoms with Gasteiger partial charge in [-0.1, -0.05) is 77.5 Å². The van der Waals surface area contributed by atoms with Crippen LogP contribution in [0.2, 0.25) is 5.02 Å². The predicted octanol–water partition coefficient (Wildman–Crippen LogP) is 6.03. The van der Waals surface area contributed by atoms with Crippen LogP contribution in [0.1, 0.15) is 22.3 Å². The molecule has 2 amide bonds. The number of halogens is 1. The zero-order valence-corrected chi connectivity index (χ0v) is 18.7. The molecule has 1 heterocycles. The third-order valence-corrected chi connectivity index (χ3v) is 6.46. The largest absolute Gasteiger partial charge is 0.489 e. The number of carbonyl (C=O) groups excluding carboxylic acids is 2. The number of amides is 2. The smallest absolute Gasteiger partial charge is 0.289 e. The summed E-state index contributed by atoms with van der Waals surface area (Å²) in [4.78, 5) is 26.5. The summed E-state index contributed by atoms with van der Waals surface area (Å²) in [6.07, 6.45) is 0.505. The Hall–Kier alpha value is -2.76. The van der Waals surface area contributed by atoms with E-state index in [-0.39, 0.29) is 17.7 Å². The van der Waals surface area contributed by atoms with Gasteiger partial charge in [0.05, 0.1) is 11.8 Å². The van der Waals surface area contributed by atoms with Crippen LogP contribution in [0.5, 0.6) is 5.75 Å². The molecular formula is C25H22ClNO3S. The van der Waals surface area contributed by atoms with Gasteiger partial charge in [0.15, 0.2) is 0 Å². The Balaban J connectivity index is 1.33. The van der Waals surface area contributed by atoms with Crippen LogP contribution in [0.4, 0.5) is 4.79 Å². The van der Waals surface area contributed by atoms with Gasteiger partial charge in [-0.3, -0.25) is 14.5 Å². The zero-order chi connectivity index (χ0) is 21.8. The van der Waals surface area contributed by atoms with Crippen molar-refractivity contribution in [3.05, 3.63) is 100 Å². The molecule has 3 aromatic rings. The summed E-state index contributed by atoms with van der Waals surface area (Å²) in [7, 11) is 0. The number of ether oxygens (including phenoxy) is 1. The van der Waals surface area contributed by atoms with Crippen LogP contribution >= 0.6 is 23.4 Å². The van der Waals surface area contributed by atoms with E-state index in [0.717, 1.165) is 34.2 Å². The fourth-order valence-electron chi connectivity index (χ4n) is 3.33. The lowest BCUT2D eigenvalue weighted by Crippen LogP contribution is -2.31. The fourth-order valence-corrected chi connectivity index (χ4v) is 4.49. The molecule has 1 saturated heterocycles. The maximum atomic E-state index is 12.8. The van der Waals surface area contributed by atoms with E-state index in [1.54, 1.807) is 12.1 Å². The first-order chi connectivity index (χ1) is 15.0. The summed E-state index contributed by atoms with van der Waals surface area (Å²) in [5.74, 6) is 0.625. The monoisotopic (exact) mass is 451 g/mol. The standard InChI is InChI=1S/C25H22ClNO3S/c1-17-2-4-20(5-3-17)16-30-22-12-8-18(9-13-22)14-23-24(28)27(25(29)31-23)15-19-6-10-21(26)11-7-19/h2-13,23H,14-16H2,1H3/t23-/m0/s1. The van der Waals surface area contributed by atoms with Gasteiger partial charge in [-0.05, 0) is 54.3 Å². The number of hydrogen-bond acceptors (Lipinski definition) is 4. The van der Waals surface area contributed by atoms with E-state index in [4.69, 9.17) is 16.3 Å². The highest BCUT2D eigenvalue weighted by atomic mass is 35.5. The van der Waals surface area contributed by atoms with Gasteiger partial charge in [-0.2, -0.15) is 0 Å². The van der Waals surface area contributed by atoms with E-state index in [0.29, 0.717) is 18.1 Å². The van der Waals surface area contributed by atoms with Crippen molar-refractivity contribution in [2.75, 3.05) is 0 Å². The molecule has 1 atom stereocenters. The molecule has 31 heavy (non-hydrogen) atoms. The molecule has 6 heteroatoms. The second kappa shape index (κ2) is 9.58. The summed E-state index contributed by atoms with van der Waals surface area (Å²) >= 11 is 7.00. The average Bonchev–Trinajstić information content (AvgIpc) is 3.03. The second-order valence-corrected chi connectivity index (χ2v) is 9.14. The molecule has 158 valence electrons. The first kappa shape index (κ1) is 21.5. The lowest BCUT2D eigenvalue weighted by molar-refractivity contribution is -0.127. The van der Waals surface area contributed by atoms with Crippen molar-refractivity contribution >= 4 is 34.5 Å². The van der Waals surface area contributed by atoms with Gasteiger partial charge >= 0.3 is 0 Å². The van der Waals surface area contributed by atoms with Gasteiger partial charge in [0, 0.05) is 5.02 Å². The Morgan fingerprint density at radius 1 is 0.871 bits per heavy atom. The molecule has 1 aliphatic heterocycles. The molecule has 0 bridgehead atoms. The molecule has 0 radical (unpaired) electrons. The summed E-state index contributed by atoms with van der Waals surface area (Å²) in [5.41, 5.74) is 4.21. The maximum Gasteiger partial charge on any atom is 0.289 e. The first-order valence-corrected chi connectivity index (χ1v) is 11.3. The summed E-state index contributed by atoms with van der Waals surface area (Å²) < 4.78 is 5.84. The van der Waals surface area contributed by atoms with Gasteiger partial charge in [0.1, 0.15) is 12.4 Å². The van der Waals surface area contributed by atoms with Crippen molar-refractivity contribution < 1.29 is 14.3 Å². The van der Waals surface area contributed by atoms with Gasteiger partial charge in [0.2, 0.25) is 5.91 Å². The van der Waals surface area contributed by atoms with Crippen LogP contribution in [-0.4, -0.2) is 21.3 Å². The van der Waals surface area contributed by atoms with Gasteiger partial charge in [-0.25, -0.2) is 0 Å². The van der Waals surface area contributed by atoms with E-state index in [1.165, 1.54) is 10.5 Å². The van der Waals surface area contributed by atoms with Crippen molar-refractivity contribution in [3.8, 4) is 5.75 Å². The van der Waals surface area contributed by atoms with Gasteiger partial charge in [-0.15, -0.1) is 0 Å². The highest BCUT2D eigenvalue weighted by molar-refractivity contribution is 8.15. The highest BCUT2D eigenvalue weighted by Gasteiger charge is 2.39. The zero-order valence-electron chi connectivity index (χ0n) is 17.1. The van der Waals surface area contributed by atoms with Crippen LogP contribution in [0.15, 0.2) is 72.8 Å². The van der Waals surface area contributed by atoms with Crippen LogP contribution < -0.4 is 4.74 Å². The quantitative estimate of drug-likeness (QED) is 0.439. The van der Waals surface area contributed by atoms with Gasteiger partial charge in [0.25, 0.3) is 5.24 Å². The second-order valence-electron chi connectivity index (χ2n) is 7.55. The van der Waals surface area contributed by atoms with Crippen LogP contribution in [0.3, 0.4) is 0 Å². The number of hydrogen-bond donors (Lipinski definition) is 0. The summed E-state index contributed by atoms with van der Waals surface area (Å²) in [6, 6.07) is 23.1. The molecule has 4 rings (SSSR count). The van der Waals surface area contributed by atoms with Crippen LogP contribution in [-0.2, 0) is 24.4 Å². The molecule has 4 nitrogen and oxygen atoms in total. The van der Waals surface area contributed by atoms with Crippen molar-refractivity contribution in [3.63, 3.8) is 0 Å². The number of imide groups is 1. The third-order valence-electron chi connectivity index (χ3n) is 5.13. The average molecular weight is 452 g/mol. The van der Waals surface area contributed by atoms with Crippen LogP contribution in [0.25, 0.3) is 0 Å². The molecule has 0 aliphatic carbocycles. The highest BCUT2D eigenvalue weighted by Crippen LogP contribution is 2.31. The maximum absolute atomic E-state index is 12.8. The van der Waals surface area contributed by atoms with E-state index in [1.807, 2.05) is 36.4 Å². The molecular weight excluding hydrogens is 430 g/mol. The Morgan fingerprint density at radius 3 is 2.16 bits per heavy atom. The van der Waals surface area contributed by atoms with E-state index in [2.05, 4.69) is 31.2 Å². The Bertz CT molecular complexity index is 1070. The lowest BCUT2D eigenvalue weighted by Gasteiger charge is -2.14. The number of nitrogens with zero attached hydrogens (tertiary/aromatic N) is 1. The first-order valence-electron chi connectivity index (χ1n) is 10.0. The molecule has 1 fully saturated rings. The Labute approximate surface area is 191 Å². The van der Waals surface area contributed by atoms with Crippen LogP contribution in [0, 0.1) is 6.92 Å². The minimum Gasteiger partial charge on any atom is -0.489 e. The minimum absolute atomic E-state index is 0.148. The molecule has 0 spiro atoms. The molecule has 0 aromatic heterocycles. The predicted molar refractivity (Wildman–Crippen MR) is 124 cm³/mol.